The molecule has 1 aromatic rings. The summed E-state index contributed by atoms with van der Waals surface area (Å²) in [6, 6.07) is 4.87. The SMILES string of the molecule is O=C(CSC[C@@H]1CCCCO1)Nc1cccc(Cl)c1O. The summed E-state index contributed by atoms with van der Waals surface area (Å²) in [5, 5.41) is 12.6. The number of thioether (sulfide) groups is 1. The van der Waals surface area contributed by atoms with Crippen molar-refractivity contribution in [2.75, 3.05) is 23.4 Å². The Morgan fingerprint density at radius 2 is 2.35 bits per heavy atom. The van der Waals surface area contributed by atoms with E-state index < -0.39 is 0 Å². The average Bonchev–Trinajstić information content (AvgIpc) is 2.45. The van der Waals surface area contributed by atoms with Crippen LogP contribution in [0.3, 0.4) is 0 Å². The fraction of sp³-hybridized carbons (Fsp3) is 0.500. The molecule has 1 aliphatic rings. The van der Waals surface area contributed by atoms with Crippen LogP contribution < -0.4 is 5.32 Å². The van der Waals surface area contributed by atoms with Gasteiger partial charge in [0.15, 0.2) is 5.75 Å². The van der Waals surface area contributed by atoms with Gasteiger partial charge in [-0.15, -0.1) is 11.8 Å². The van der Waals surface area contributed by atoms with Crippen molar-refractivity contribution in [3.63, 3.8) is 0 Å². The minimum atomic E-state index is -0.150. The summed E-state index contributed by atoms with van der Waals surface area (Å²) in [5.41, 5.74) is 0.344. The van der Waals surface area contributed by atoms with E-state index >= 15 is 0 Å². The highest BCUT2D eigenvalue weighted by atomic mass is 35.5. The Labute approximate surface area is 127 Å². The highest BCUT2D eigenvalue weighted by Crippen LogP contribution is 2.31. The summed E-state index contributed by atoms with van der Waals surface area (Å²) in [6.45, 7) is 0.827. The maximum absolute atomic E-state index is 11.8. The number of phenolic OH excluding ortho intramolecular Hbond substituents is 1. The second-order valence-electron chi connectivity index (χ2n) is 4.69. The van der Waals surface area contributed by atoms with Crippen LogP contribution in [0.4, 0.5) is 5.69 Å². The molecule has 1 aliphatic heterocycles. The lowest BCUT2D eigenvalue weighted by atomic mass is 10.1. The normalized spacial score (nSPS) is 18.8. The van der Waals surface area contributed by atoms with E-state index in [9.17, 15) is 9.90 Å². The van der Waals surface area contributed by atoms with Gasteiger partial charge in [-0.05, 0) is 31.4 Å². The Balaban J connectivity index is 1.73. The molecule has 0 aromatic heterocycles. The fourth-order valence-electron chi connectivity index (χ4n) is 2.02. The molecule has 0 saturated carbocycles. The lowest BCUT2D eigenvalue weighted by Crippen LogP contribution is -2.23. The van der Waals surface area contributed by atoms with Crippen LogP contribution >= 0.6 is 23.4 Å². The highest BCUT2D eigenvalue weighted by Gasteiger charge is 2.15. The zero-order valence-corrected chi connectivity index (χ0v) is 12.7. The Bertz CT molecular complexity index is 464. The first-order valence-corrected chi connectivity index (χ1v) is 8.17. The van der Waals surface area contributed by atoms with Crippen LogP contribution in [0.1, 0.15) is 19.3 Å². The Morgan fingerprint density at radius 1 is 1.50 bits per heavy atom. The van der Waals surface area contributed by atoms with Gasteiger partial charge in [-0.3, -0.25) is 4.79 Å². The molecule has 0 bridgehead atoms. The summed E-state index contributed by atoms with van der Waals surface area (Å²) >= 11 is 7.33. The fourth-order valence-corrected chi connectivity index (χ4v) is 3.10. The number of ether oxygens (including phenoxy) is 1. The smallest absolute Gasteiger partial charge is 0.234 e. The summed E-state index contributed by atoms with van der Waals surface area (Å²) in [5.74, 6) is 0.923. The number of carbonyl (C=O) groups excluding carboxylic acids is 1. The summed E-state index contributed by atoms with van der Waals surface area (Å²) in [4.78, 5) is 11.8. The van der Waals surface area contributed by atoms with Gasteiger partial charge in [-0.1, -0.05) is 17.7 Å². The molecule has 1 aromatic carbocycles. The number of anilines is 1. The van der Waals surface area contributed by atoms with E-state index in [0.717, 1.165) is 25.2 Å². The number of para-hydroxylation sites is 1. The van der Waals surface area contributed by atoms with E-state index in [1.165, 1.54) is 6.42 Å². The second-order valence-corrected chi connectivity index (χ2v) is 6.13. The molecule has 2 rings (SSSR count). The van der Waals surface area contributed by atoms with Crippen molar-refractivity contribution in [1.82, 2.24) is 0 Å². The molecular weight excluding hydrogens is 298 g/mol. The lowest BCUT2D eigenvalue weighted by Gasteiger charge is -2.21. The molecule has 1 heterocycles. The molecule has 1 fully saturated rings. The second kappa shape index (κ2) is 7.76. The monoisotopic (exact) mass is 315 g/mol. The summed E-state index contributed by atoms with van der Waals surface area (Å²) in [7, 11) is 0. The molecule has 1 atom stereocenters. The standard InChI is InChI=1S/C14H18ClNO3S/c15-11-5-3-6-12(14(11)18)16-13(17)9-20-8-10-4-1-2-7-19-10/h3,5-6,10,18H,1-2,4,7-9H2,(H,16,17)/t10-/m0/s1. The van der Waals surface area contributed by atoms with Gasteiger partial charge in [0.1, 0.15) is 0 Å². The molecule has 6 heteroatoms. The molecule has 0 spiro atoms. The number of carbonyl (C=O) groups is 1. The van der Waals surface area contributed by atoms with E-state index in [0.29, 0.717) is 11.4 Å². The van der Waals surface area contributed by atoms with Crippen molar-refractivity contribution in [2.45, 2.75) is 25.4 Å². The number of aromatic hydroxyl groups is 1. The molecule has 2 N–H and O–H groups in total. The van der Waals surface area contributed by atoms with Gasteiger partial charge in [-0.2, -0.15) is 0 Å². The Kier molecular flexibility index (Phi) is 6.01. The maximum Gasteiger partial charge on any atom is 0.234 e. The first-order valence-electron chi connectivity index (χ1n) is 6.63. The number of amides is 1. The van der Waals surface area contributed by atoms with Crippen molar-refractivity contribution in [3.05, 3.63) is 23.2 Å². The van der Waals surface area contributed by atoms with Crippen molar-refractivity contribution < 1.29 is 14.6 Å². The third-order valence-electron chi connectivity index (χ3n) is 3.07. The largest absolute Gasteiger partial charge is 0.504 e. The van der Waals surface area contributed by atoms with E-state index in [1.54, 1.807) is 30.0 Å². The zero-order valence-electron chi connectivity index (χ0n) is 11.1. The molecule has 1 amide bonds. The van der Waals surface area contributed by atoms with E-state index in [1.807, 2.05) is 0 Å². The maximum atomic E-state index is 11.8. The van der Waals surface area contributed by atoms with Gasteiger partial charge in [0.05, 0.1) is 22.6 Å². The van der Waals surface area contributed by atoms with Crippen LogP contribution in [0, 0.1) is 0 Å². The third-order valence-corrected chi connectivity index (χ3v) is 4.45. The van der Waals surface area contributed by atoms with E-state index in [4.69, 9.17) is 16.3 Å². The molecule has 0 unspecified atom stereocenters. The number of phenols is 1. The van der Waals surface area contributed by atoms with Crippen LogP contribution in [-0.4, -0.2) is 35.2 Å². The molecule has 4 nitrogen and oxygen atoms in total. The molecule has 1 saturated heterocycles. The third kappa shape index (κ3) is 4.58. The molecular formula is C14H18ClNO3S. The molecule has 0 radical (unpaired) electrons. The number of rotatable bonds is 5. The zero-order chi connectivity index (χ0) is 14.4. The predicted octanol–water partition coefficient (Wildman–Crippen LogP) is 3.29. The lowest BCUT2D eigenvalue weighted by molar-refractivity contribution is -0.113. The van der Waals surface area contributed by atoms with Crippen LogP contribution in [0.15, 0.2) is 18.2 Å². The molecule has 20 heavy (non-hydrogen) atoms. The number of halogens is 1. The van der Waals surface area contributed by atoms with Gasteiger partial charge < -0.3 is 15.2 Å². The number of benzene rings is 1. The molecule has 110 valence electrons. The van der Waals surface area contributed by atoms with Gasteiger partial charge >= 0.3 is 0 Å². The van der Waals surface area contributed by atoms with Gasteiger partial charge in [-0.25, -0.2) is 0 Å². The topological polar surface area (TPSA) is 58.6 Å². The van der Waals surface area contributed by atoms with Crippen LogP contribution in [-0.2, 0) is 9.53 Å². The molecule has 0 aliphatic carbocycles. The van der Waals surface area contributed by atoms with Crippen molar-refractivity contribution in [3.8, 4) is 5.75 Å². The van der Waals surface area contributed by atoms with Crippen molar-refractivity contribution in [1.29, 1.82) is 0 Å². The first-order chi connectivity index (χ1) is 9.66. The van der Waals surface area contributed by atoms with Crippen LogP contribution in [0.2, 0.25) is 5.02 Å². The quantitative estimate of drug-likeness (QED) is 0.819. The van der Waals surface area contributed by atoms with Crippen molar-refractivity contribution in [2.24, 2.45) is 0 Å². The first kappa shape index (κ1) is 15.5. The Hall–Kier alpha value is -0.910. The summed E-state index contributed by atoms with van der Waals surface area (Å²) < 4.78 is 5.60. The van der Waals surface area contributed by atoms with Crippen LogP contribution in [0.5, 0.6) is 5.75 Å². The number of hydrogen-bond acceptors (Lipinski definition) is 4. The predicted molar refractivity (Wildman–Crippen MR) is 82.7 cm³/mol. The van der Waals surface area contributed by atoms with Gasteiger partial charge in [0.25, 0.3) is 0 Å². The summed E-state index contributed by atoms with van der Waals surface area (Å²) in [6.07, 6.45) is 3.67. The van der Waals surface area contributed by atoms with Gasteiger partial charge in [0, 0.05) is 12.4 Å². The van der Waals surface area contributed by atoms with Crippen LogP contribution in [0.25, 0.3) is 0 Å². The average molecular weight is 316 g/mol. The number of nitrogens with one attached hydrogen (secondary N) is 1. The minimum absolute atomic E-state index is 0.0943. The highest BCUT2D eigenvalue weighted by molar-refractivity contribution is 8.00. The minimum Gasteiger partial charge on any atom is -0.504 e. The Morgan fingerprint density at radius 3 is 3.10 bits per heavy atom. The van der Waals surface area contributed by atoms with Crippen molar-refractivity contribution >= 4 is 35.0 Å². The van der Waals surface area contributed by atoms with E-state index in [-0.39, 0.29) is 22.8 Å². The van der Waals surface area contributed by atoms with Gasteiger partial charge in [0.2, 0.25) is 5.91 Å². The van der Waals surface area contributed by atoms with E-state index in [2.05, 4.69) is 5.32 Å². The number of hydrogen-bond donors (Lipinski definition) is 2.